The van der Waals surface area contributed by atoms with Gasteiger partial charge in [0.2, 0.25) is 0 Å². The summed E-state index contributed by atoms with van der Waals surface area (Å²) in [6.07, 6.45) is 9.42. The first kappa shape index (κ1) is 27.9. The molecule has 1 aromatic carbocycles. The fraction of sp³-hybridized carbons (Fsp3) is 0.680. The zero-order valence-electron chi connectivity index (χ0n) is 20.3. The molecule has 1 rings (SSSR count). The molecule has 0 aliphatic rings. The maximum absolute atomic E-state index is 14.3. The van der Waals surface area contributed by atoms with E-state index >= 15 is 0 Å². The third-order valence-electron chi connectivity index (χ3n) is 5.84. The molecule has 172 valence electrons. The molecule has 0 atom stereocenters. The van der Waals surface area contributed by atoms with Gasteiger partial charge in [-0.2, -0.15) is 0 Å². The Labute approximate surface area is 190 Å². The van der Waals surface area contributed by atoms with Gasteiger partial charge in [-0.1, -0.05) is 0 Å². The summed E-state index contributed by atoms with van der Waals surface area (Å²) in [6, 6.07) is 8.56. The van der Waals surface area contributed by atoms with Crippen LogP contribution in [0.15, 0.2) is 27.6 Å². The maximum atomic E-state index is 14.3. The monoisotopic (exact) mass is 544 g/mol. The third kappa shape index (κ3) is 8.45. The molecule has 0 radical (unpaired) electrons. The molecule has 0 saturated carbocycles. The Balaban J connectivity index is 3.70. The van der Waals surface area contributed by atoms with Gasteiger partial charge >= 0.3 is 191 Å². The van der Waals surface area contributed by atoms with E-state index in [0.717, 1.165) is 8.89 Å². The number of benzene rings is 1. The molecule has 1 aromatic rings. The van der Waals surface area contributed by atoms with Gasteiger partial charge in [-0.3, -0.25) is 0 Å². The molecular weight excluding hydrogens is 498 g/mol. The van der Waals surface area contributed by atoms with Crippen LogP contribution >= 0.6 is 7.60 Å². The van der Waals surface area contributed by atoms with Crippen molar-refractivity contribution in [3.63, 3.8) is 0 Å². The normalized spacial score (nSPS) is 13.1. The van der Waals surface area contributed by atoms with Gasteiger partial charge in [-0.15, -0.1) is 0 Å². The Morgan fingerprint density at radius 1 is 0.833 bits per heavy atom. The molecular formula is C25H45O3PSn. The Bertz CT molecular complexity index is 638. The summed E-state index contributed by atoms with van der Waals surface area (Å²) in [6.45, 7) is 13.6. The van der Waals surface area contributed by atoms with E-state index in [0.29, 0.717) is 13.2 Å². The van der Waals surface area contributed by atoms with Crippen LogP contribution in [0.1, 0.15) is 84.3 Å². The summed E-state index contributed by atoms with van der Waals surface area (Å²) < 4.78 is 31.1. The van der Waals surface area contributed by atoms with Gasteiger partial charge in [-0.05, 0) is 0 Å². The molecule has 0 aliphatic carbocycles. The van der Waals surface area contributed by atoms with Crippen molar-refractivity contribution in [3.05, 3.63) is 38.7 Å². The van der Waals surface area contributed by atoms with Crippen molar-refractivity contribution >= 4 is 32.0 Å². The molecule has 30 heavy (non-hydrogen) atoms. The Morgan fingerprint density at radius 2 is 1.27 bits per heavy atom. The van der Waals surface area contributed by atoms with Crippen LogP contribution in [0.2, 0.25) is 13.3 Å². The molecule has 0 N–H and O–H groups in total. The molecule has 0 fully saturated rings. The van der Waals surface area contributed by atoms with Crippen LogP contribution in [-0.4, -0.2) is 31.6 Å². The van der Waals surface area contributed by atoms with E-state index in [4.69, 9.17) is 9.05 Å². The topological polar surface area (TPSA) is 35.5 Å². The standard InChI is InChI=1S/C13H18O3P.3C4H9.Sn/c1-4-15-17(14,16-5-2)11-10-13-8-6-12(3)7-9-13;3*1-3-4-2;/h6-10H,4-5H2,1-3H3;3*1,3-4H2,2H3;. The average Bonchev–Trinajstić information content (AvgIpc) is 2.73. The van der Waals surface area contributed by atoms with Crippen molar-refractivity contribution in [2.45, 2.75) is 93.4 Å². The molecule has 0 aromatic heterocycles. The molecule has 0 saturated heterocycles. The van der Waals surface area contributed by atoms with Crippen LogP contribution in [0.4, 0.5) is 0 Å². The van der Waals surface area contributed by atoms with Crippen LogP contribution in [0.3, 0.4) is 0 Å². The average molecular weight is 543 g/mol. The molecule has 0 spiro atoms. The SMILES string of the molecule is CCC[CH2][Sn]([CH2]CCC)([CH2]CCC)/[C](=C\c1ccc(C)cc1)P(=O)(OCC)OCC. The molecule has 0 amide bonds. The number of hydrogen-bond acceptors (Lipinski definition) is 3. The zero-order valence-corrected chi connectivity index (χ0v) is 24.1. The summed E-state index contributed by atoms with van der Waals surface area (Å²) in [5.74, 6) is 0. The molecule has 0 unspecified atom stereocenters. The minimum atomic E-state index is -3.29. The molecule has 0 heterocycles. The Hall–Kier alpha value is -0.0913. The van der Waals surface area contributed by atoms with Gasteiger partial charge in [-0.25, -0.2) is 0 Å². The fourth-order valence-corrected chi connectivity index (χ4v) is 28.9. The summed E-state index contributed by atoms with van der Waals surface area (Å²) in [4.78, 5) is 0. The van der Waals surface area contributed by atoms with Crippen molar-refractivity contribution in [2.24, 2.45) is 0 Å². The van der Waals surface area contributed by atoms with Gasteiger partial charge in [0.05, 0.1) is 0 Å². The van der Waals surface area contributed by atoms with Gasteiger partial charge in [0.15, 0.2) is 0 Å². The number of unbranched alkanes of at least 4 members (excludes halogenated alkanes) is 3. The van der Waals surface area contributed by atoms with Gasteiger partial charge in [0, 0.05) is 0 Å². The number of hydrogen-bond donors (Lipinski definition) is 0. The molecule has 5 heteroatoms. The second-order valence-electron chi connectivity index (χ2n) is 8.36. The van der Waals surface area contributed by atoms with E-state index in [1.54, 1.807) is 0 Å². The van der Waals surface area contributed by atoms with E-state index in [9.17, 15) is 4.57 Å². The van der Waals surface area contributed by atoms with Crippen molar-refractivity contribution in [2.75, 3.05) is 13.2 Å². The van der Waals surface area contributed by atoms with Crippen molar-refractivity contribution < 1.29 is 13.6 Å². The molecule has 3 nitrogen and oxygen atoms in total. The van der Waals surface area contributed by atoms with Crippen molar-refractivity contribution in [1.82, 2.24) is 0 Å². The first-order chi connectivity index (χ1) is 14.4. The first-order valence-corrected chi connectivity index (χ1v) is 21.1. The van der Waals surface area contributed by atoms with Crippen LogP contribution in [0, 0.1) is 6.92 Å². The van der Waals surface area contributed by atoms with Crippen LogP contribution in [-0.2, 0) is 13.6 Å². The van der Waals surface area contributed by atoms with Crippen molar-refractivity contribution in [3.8, 4) is 0 Å². The predicted molar refractivity (Wildman–Crippen MR) is 135 cm³/mol. The van der Waals surface area contributed by atoms with Gasteiger partial charge in [0.1, 0.15) is 0 Å². The van der Waals surface area contributed by atoms with Crippen LogP contribution in [0.25, 0.3) is 6.08 Å². The number of aryl methyl sites for hydroxylation is 1. The fourth-order valence-electron chi connectivity index (χ4n) is 4.16. The summed E-state index contributed by atoms with van der Waals surface area (Å²) in [5.41, 5.74) is 2.37. The van der Waals surface area contributed by atoms with E-state index in [1.807, 2.05) is 13.8 Å². The first-order valence-electron chi connectivity index (χ1n) is 12.1. The summed E-state index contributed by atoms with van der Waals surface area (Å²) >= 11 is -3.02. The predicted octanol–water partition coefficient (Wildman–Crippen LogP) is 8.99. The minimum absolute atomic E-state index is 0.416. The van der Waals surface area contributed by atoms with E-state index in [-0.39, 0.29) is 0 Å². The van der Waals surface area contributed by atoms with Gasteiger partial charge < -0.3 is 0 Å². The quantitative estimate of drug-likeness (QED) is 0.154. The van der Waals surface area contributed by atoms with E-state index < -0.39 is 26.0 Å². The Morgan fingerprint density at radius 3 is 1.63 bits per heavy atom. The second-order valence-corrected chi connectivity index (χ2v) is 24.7. The third-order valence-corrected chi connectivity index (χ3v) is 28.0. The van der Waals surface area contributed by atoms with E-state index in [2.05, 4.69) is 58.0 Å². The van der Waals surface area contributed by atoms with Gasteiger partial charge in [0.25, 0.3) is 0 Å². The van der Waals surface area contributed by atoms with Crippen LogP contribution in [0.5, 0.6) is 0 Å². The number of rotatable bonds is 16. The molecule has 0 aliphatic heterocycles. The summed E-state index contributed by atoms with van der Waals surface area (Å²) in [7, 11) is -3.29. The summed E-state index contributed by atoms with van der Waals surface area (Å²) in [5, 5.41) is 0. The second kappa shape index (κ2) is 14.9. The van der Waals surface area contributed by atoms with Crippen LogP contribution < -0.4 is 0 Å². The Kier molecular flexibility index (Phi) is 13.9. The van der Waals surface area contributed by atoms with E-state index in [1.165, 1.54) is 57.4 Å². The zero-order chi connectivity index (χ0) is 22.5. The van der Waals surface area contributed by atoms with Crippen molar-refractivity contribution in [1.29, 1.82) is 0 Å². The molecule has 0 bridgehead atoms.